The first kappa shape index (κ1) is 20.5. The molecule has 156 valence electrons. The molecule has 30 heavy (non-hydrogen) atoms. The lowest BCUT2D eigenvalue weighted by atomic mass is 10.2. The van der Waals surface area contributed by atoms with Gasteiger partial charge >= 0.3 is 0 Å². The summed E-state index contributed by atoms with van der Waals surface area (Å²) in [6, 6.07) is 17.8. The van der Waals surface area contributed by atoms with E-state index in [1.807, 2.05) is 64.1 Å². The molecule has 0 saturated carbocycles. The van der Waals surface area contributed by atoms with Crippen molar-refractivity contribution in [1.82, 2.24) is 19.7 Å². The molecule has 0 bridgehead atoms. The Bertz CT molecular complexity index is 982. The molecular weight excluding hydrogens is 396 g/mol. The summed E-state index contributed by atoms with van der Waals surface area (Å²) in [5.74, 6) is 2.03. The van der Waals surface area contributed by atoms with Crippen molar-refractivity contribution >= 4 is 17.7 Å². The van der Waals surface area contributed by atoms with Crippen LogP contribution in [0.4, 0.5) is 0 Å². The third-order valence-corrected chi connectivity index (χ3v) is 6.17. The highest BCUT2D eigenvalue weighted by molar-refractivity contribution is 7.99. The van der Waals surface area contributed by atoms with Gasteiger partial charge in [-0.05, 0) is 37.1 Å². The molecule has 7 heteroatoms. The zero-order valence-corrected chi connectivity index (χ0v) is 18.0. The molecule has 1 saturated heterocycles. The Balaban J connectivity index is 1.61. The smallest absolute Gasteiger partial charge is 0.233 e. The van der Waals surface area contributed by atoms with E-state index < -0.39 is 0 Å². The molecule has 6 nitrogen and oxygen atoms in total. The second-order valence-corrected chi connectivity index (χ2v) is 8.24. The van der Waals surface area contributed by atoms with Crippen LogP contribution in [0.3, 0.4) is 0 Å². The average molecular weight is 423 g/mol. The van der Waals surface area contributed by atoms with Gasteiger partial charge in [-0.2, -0.15) is 0 Å². The van der Waals surface area contributed by atoms with Crippen LogP contribution in [0.25, 0.3) is 17.1 Å². The van der Waals surface area contributed by atoms with Gasteiger partial charge in [0, 0.05) is 24.3 Å². The fourth-order valence-corrected chi connectivity index (χ4v) is 4.51. The van der Waals surface area contributed by atoms with Crippen LogP contribution in [-0.2, 0) is 4.79 Å². The summed E-state index contributed by atoms with van der Waals surface area (Å²) in [4.78, 5) is 14.8. The highest BCUT2D eigenvalue weighted by atomic mass is 32.2. The van der Waals surface area contributed by atoms with Gasteiger partial charge in [-0.3, -0.25) is 9.36 Å². The molecule has 0 aliphatic carbocycles. The third kappa shape index (κ3) is 4.67. The molecule has 1 aromatic heterocycles. The number of aromatic nitrogens is 3. The van der Waals surface area contributed by atoms with Crippen LogP contribution in [0.2, 0.25) is 0 Å². The van der Waals surface area contributed by atoms with E-state index in [0.29, 0.717) is 10.9 Å². The molecule has 4 rings (SSSR count). The fourth-order valence-electron chi connectivity index (χ4n) is 3.66. The number of amides is 1. The minimum Gasteiger partial charge on any atom is -0.497 e. The van der Waals surface area contributed by atoms with Gasteiger partial charge < -0.3 is 9.64 Å². The van der Waals surface area contributed by atoms with E-state index in [4.69, 9.17) is 4.74 Å². The predicted octanol–water partition coefficient (Wildman–Crippen LogP) is 4.44. The molecule has 1 fully saturated rings. The van der Waals surface area contributed by atoms with E-state index in [1.165, 1.54) is 24.6 Å². The molecule has 0 unspecified atom stereocenters. The van der Waals surface area contributed by atoms with Gasteiger partial charge in [0.1, 0.15) is 5.75 Å². The lowest BCUT2D eigenvalue weighted by Crippen LogP contribution is -2.33. The van der Waals surface area contributed by atoms with E-state index in [1.54, 1.807) is 7.11 Å². The molecule has 0 radical (unpaired) electrons. The standard InChI is InChI=1S/C23H26N4O2S/c1-29-20-13-9-10-18(16-20)22-24-25-23(27(22)19-11-5-4-6-12-19)30-17-21(28)26-14-7-2-3-8-15-26/h4-6,9-13,16H,2-3,7-8,14-15,17H2,1H3. The maximum atomic E-state index is 12.8. The van der Waals surface area contributed by atoms with Gasteiger partial charge in [-0.15, -0.1) is 10.2 Å². The van der Waals surface area contributed by atoms with E-state index in [0.717, 1.165) is 48.8 Å². The molecule has 1 aliphatic heterocycles. The zero-order valence-electron chi connectivity index (χ0n) is 17.2. The Morgan fingerprint density at radius 1 is 1.00 bits per heavy atom. The van der Waals surface area contributed by atoms with Crippen LogP contribution >= 0.6 is 11.8 Å². The van der Waals surface area contributed by atoms with Crippen molar-refractivity contribution in [2.75, 3.05) is 26.0 Å². The molecule has 2 heterocycles. The first-order valence-electron chi connectivity index (χ1n) is 10.3. The van der Waals surface area contributed by atoms with Crippen LogP contribution in [0.1, 0.15) is 25.7 Å². The van der Waals surface area contributed by atoms with Crippen LogP contribution in [-0.4, -0.2) is 51.5 Å². The summed E-state index contributed by atoms with van der Waals surface area (Å²) >= 11 is 1.44. The topological polar surface area (TPSA) is 60.3 Å². The van der Waals surface area contributed by atoms with Gasteiger partial charge in [0.25, 0.3) is 0 Å². The van der Waals surface area contributed by atoms with Gasteiger partial charge in [-0.25, -0.2) is 0 Å². The van der Waals surface area contributed by atoms with Gasteiger partial charge in [0.15, 0.2) is 11.0 Å². The van der Waals surface area contributed by atoms with Crippen molar-refractivity contribution in [3.8, 4) is 22.8 Å². The number of hydrogen-bond donors (Lipinski definition) is 0. The minimum absolute atomic E-state index is 0.174. The first-order valence-corrected chi connectivity index (χ1v) is 11.3. The van der Waals surface area contributed by atoms with Crippen LogP contribution in [0, 0.1) is 0 Å². The summed E-state index contributed by atoms with van der Waals surface area (Å²) in [5, 5.41) is 9.59. The monoisotopic (exact) mass is 422 g/mol. The lowest BCUT2D eigenvalue weighted by Gasteiger charge is -2.20. The molecule has 0 spiro atoms. The second-order valence-electron chi connectivity index (χ2n) is 7.29. The number of benzene rings is 2. The number of hydrogen-bond acceptors (Lipinski definition) is 5. The van der Waals surface area contributed by atoms with E-state index in [-0.39, 0.29) is 5.91 Å². The van der Waals surface area contributed by atoms with Gasteiger partial charge in [-0.1, -0.05) is 54.9 Å². The number of thioether (sulfide) groups is 1. The number of methoxy groups -OCH3 is 1. The van der Waals surface area contributed by atoms with Crippen molar-refractivity contribution < 1.29 is 9.53 Å². The first-order chi connectivity index (χ1) is 14.8. The van der Waals surface area contributed by atoms with Crippen molar-refractivity contribution in [2.45, 2.75) is 30.8 Å². The van der Waals surface area contributed by atoms with E-state index in [2.05, 4.69) is 10.2 Å². The quantitative estimate of drug-likeness (QED) is 0.550. The normalized spacial score (nSPS) is 14.4. The summed E-state index contributed by atoms with van der Waals surface area (Å²) in [7, 11) is 1.65. The number of ether oxygens (including phenoxy) is 1. The number of rotatable bonds is 6. The Morgan fingerprint density at radius 3 is 2.50 bits per heavy atom. The highest BCUT2D eigenvalue weighted by Crippen LogP contribution is 2.30. The van der Waals surface area contributed by atoms with Gasteiger partial charge in [0.05, 0.1) is 12.9 Å². The predicted molar refractivity (Wildman–Crippen MR) is 119 cm³/mol. The molecule has 0 atom stereocenters. The van der Waals surface area contributed by atoms with Crippen molar-refractivity contribution in [1.29, 1.82) is 0 Å². The lowest BCUT2D eigenvalue weighted by molar-refractivity contribution is -0.128. The van der Waals surface area contributed by atoms with Crippen LogP contribution < -0.4 is 4.74 Å². The van der Waals surface area contributed by atoms with Crippen molar-refractivity contribution in [3.05, 3.63) is 54.6 Å². The van der Waals surface area contributed by atoms with Gasteiger partial charge in [0.2, 0.25) is 5.91 Å². The Labute approximate surface area is 181 Å². The van der Waals surface area contributed by atoms with Crippen molar-refractivity contribution in [3.63, 3.8) is 0 Å². The average Bonchev–Trinajstić information content (AvgIpc) is 3.03. The number of likely N-dealkylation sites (tertiary alicyclic amines) is 1. The highest BCUT2D eigenvalue weighted by Gasteiger charge is 2.20. The maximum absolute atomic E-state index is 12.8. The summed E-state index contributed by atoms with van der Waals surface area (Å²) < 4.78 is 7.38. The summed E-state index contributed by atoms with van der Waals surface area (Å²) in [6.07, 6.45) is 4.61. The Kier molecular flexibility index (Phi) is 6.69. The molecule has 3 aromatic rings. The van der Waals surface area contributed by atoms with E-state index >= 15 is 0 Å². The number of nitrogens with zero attached hydrogens (tertiary/aromatic N) is 4. The number of para-hydroxylation sites is 1. The van der Waals surface area contributed by atoms with E-state index in [9.17, 15) is 4.79 Å². The SMILES string of the molecule is COc1cccc(-c2nnc(SCC(=O)N3CCCCCC3)n2-c2ccccc2)c1. The van der Waals surface area contributed by atoms with Crippen LogP contribution in [0.15, 0.2) is 59.8 Å². The summed E-state index contributed by atoms with van der Waals surface area (Å²) in [5.41, 5.74) is 1.88. The fraction of sp³-hybridized carbons (Fsp3) is 0.348. The van der Waals surface area contributed by atoms with Crippen molar-refractivity contribution in [2.24, 2.45) is 0 Å². The minimum atomic E-state index is 0.174. The summed E-state index contributed by atoms with van der Waals surface area (Å²) in [6.45, 7) is 1.72. The second kappa shape index (κ2) is 9.80. The number of carbonyl (C=O) groups is 1. The Hall–Kier alpha value is -2.80. The molecule has 1 aliphatic rings. The maximum Gasteiger partial charge on any atom is 0.233 e. The molecule has 2 aromatic carbocycles. The largest absolute Gasteiger partial charge is 0.497 e. The zero-order chi connectivity index (χ0) is 20.8. The van der Waals surface area contributed by atoms with Crippen LogP contribution in [0.5, 0.6) is 5.75 Å². The Morgan fingerprint density at radius 2 is 1.77 bits per heavy atom. The molecular formula is C23H26N4O2S. The molecule has 0 N–H and O–H groups in total. The molecule has 1 amide bonds. The third-order valence-electron chi connectivity index (χ3n) is 5.26. The number of carbonyl (C=O) groups excluding carboxylic acids is 1.